The van der Waals surface area contributed by atoms with Crippen LogP contribution in [0, 0.1) is 6.92 Å². The number of fused-ring (bicyclic) bond motifs is 1. The first-order chi connectivity index (χ1) is 13.6. The van der Waals surface area contributed by atoms with Crippen LogP contribution in [0.2, 0.25) is 0 Å². The summed E-state index contributed by atoms with van der Waals surface area (Å²) in [6.45, 7) is 2.52. The molecule has 0 spiro atoms. The van der Waals surface area contributed by atoms with E-state index in [1.165, 1.54) is 0 Å². The summed E-state index contributed by atoms with van der Waals surface area (Å²) in [5.41, 5.74) is 4.40. The maximum absolute atomic E-state index is 13.2. The number of aryl methyl sites for hydroxylation is 1. The summed E-state index contributed by atoms with van der Waals surface area (Å²) >= 11 is 0. The topological polar surface area (TPSA) is 62.7 Å². The lowest BCUT2D eigenvalue weighted by Crippen LogP contribution is -2.35. The summed E-state index contributed by atoms with van der Waals surface area (Å²) in [5, 5.41) is 9.44. The van der Waals surface area contributed by atoms with Crippen molar-refractivity contribution < 1.29 is 14.6 Å². The Bertz CT molecular complexity index is 1040. The number of hydrogen-bond acceptors (Lipinski definition) is 4. The molecule has 5 heteroatoms. The molecular formula is C23H20N2O3. The Hall–Kier alpha value is -3.60. The molecule has 1 N–H and O–H groups in total. The zero-order valence-electron chi connectivity index (χ0n) is 15.5. The van der Waals surface area contributed by atoms with Crippen LogP contribution in [0.15, 0.2) is 73.3 Å². The third-order valence-corrected chi connectivity index (χ3v) is 4.73. The van der Waals surface area contributed by atoms with Gasteiger partial charge in [-0.3, -0.25) is 9.78 Å². The van der Waals surface area contributed by atoms with Crippen LogP contribution in [0.1, 0.15) is 27.0 Å². The van der Waals surface area contributed by atoms with Crippen LogP contribution in [0.4, 0.5) is 0 Å². The van der Waals surface area contributed by atoms with Crippen molar-refractivity contribution in [2.24, 2.45) is 0 Å². The number of hydrogen-bond donors (Lipinski definition) is 1. The number of carbonyl (C=O) groups is 1. The van der Waals surface area contributed by atoms with Crippen LogP contribution in [0.25, 0.3) is 5.70 Å². The minimum absolute atomic E-state index is 0.0632. The van der Waals surface area contributed by atoms with Gasteiger partial charge < -0.3 is 14.7 Å². The molecule has 0 fully saturated rings. The standard InChI is InChI=1S/C23H20N2O3/c1-16-3-2-4-17(13-16)23(27)25-12-10-18-14-24-11-9-21(18)22(25)15-28-20-7-5-19(26)6-8-20/h2-9,11,13-15,26H,10,12H2,1H3. The molecule has 28 heavy (non-hydrogen) atoms. The van der Waals surface area contributed by atoms with Gasteiger partial charge in [-0.2, -0.15) is 0 Å². The van der Waals surface area contributed by atoms with Gasteiger partial charge in [0.15, 0.2) is 0 Å². The molecule has 0 bridgehead atoms. The Morgan fingerprint density at radius 3 is 2.79 bits per heavy atom. The fourth-order valence-corrected chi connectivity index (χ4v) is 3.29. The van der Waals surface area contributed by atoms with Crippen LogP contribution in [-0.2, 0) is 6.42 Å². The molecule has 1 aliphatic rings. The van der Waals surface area contributed by atoms with Crippen molar-refractivity contribution in [1.29, 1.82) is 0 Å². The molecule has 3 aromatic rings. The maximum atomic E-state index is 13.2. The Morgan fingerprint density at radius 2 is 2.00 bits per heavy atom. The van der Waals surface area contributed by atoms with Crippen molar-refractivity contribution >= 4 is 11.6 Å². The van der Waals surface area contributed by atoms with Crippen LogP contribution in [0.5, 0.6) is 11.5 Å². The van der Waals surface area contributed by atoms with Crippen LogP contribution in [-0.4, -0.2) is 27.4 Å². The number of ether oxygens (including phenoxy) is 1. The summed E-state index contributed by atoms with van der Waals surface area (Å²) < 4.78 is 5.81. The van der Waals surface area contributed by atoms with E-state index >= 15 is 0 Å². The number of aromatic hydroxyl groups is 1. The highest BCUT2D eigenvalue weighted by Crippen LogP contribution is 2.30. The third-order valence-electron chi connectivity index (χ3n) is 4.73. The van der Waals surface area contributed by atoms with Gasteiger partial charge in [-0.25, -0.2) is 0 Å². The average molecular weight is 372 g/mol. The zero-order chi connectivity index (χ0) is 19.5. The Morgan fingerprint density at radius 1 is 1.18 bits per heavy atom. The SMILES string of the molecule is Cc1cccc(C(=O)N2CCc3cnccc3C2=COc2ccc(O)cc2)c1. The Balaban J connectivity index is 1.71. The van der Waals surface area contributed by atoms with Crippen molar-refractivity contribution in [3.63, 3.8) is 0 Å². The highest BCUT2D eigenvalue weighted by molar-refractivity contribution is 6.00. The van der Waals surface area contributed by atoms with Crippen molar-refractivity contribution in [2.45, 2.75) is 13.3 Å². The monoisotopic (exact) mass is 372 g/mol. The van der Waals surface area contributed by atoms with Gasteiger partial charge in [0.25, 0.3) is 5.91 Å². The molecule has 0 aliphatic carbocycles. The molecule has 0 saturated heterocycles. The molecular weight excluding hydrogens is 352 g/mol. The first kappa shape index (κ1) is 17.8. The Kier molecular flexibility index (Phi) is 4.81. The van der Waals surface area contributed by atoms with E-state index in [0.717, 1.165) is 23.1 Å². The van der Waals surface area contributed by atoms with Gasteiger partial charge in [-0.05, 0) is 61.4 Å². The second-order valence-electron chi connectivity index (χ2n) is 6.72. The molecule has 0 saturated carbocycles. The molecule has 2 aromatic carbocycles. The lowest BCUT2D eigenvalue weighted by Gasteiger charge is -2.31. The number of rotatable bonds is 3. The Labute approximate surface area is 163 Å². The van der Waals surface area contributed by atoms with Crippen LogP contribution in [0.3, 0.4) is 0 Å². The van der Waals surface area contributed by atoms with Gasteiger partial charge in [0.2, 0.25) is 0 Å². The fourth-order valence-electron chi connectivity index (χ4n) is 3.29. The highest BCUT2D eigenvalue weighted by Gasteiger charge is 2.27. The number of nitrogens with zero attached hydrogens (tertiary/aromatic N) is 2. The molecule has 1 aromatic heterocycles. The van der Waals surface area contributed by atoms with E-state index in [2.05, 4.69) is 4.98 Å². The normalized spacial score (nSPS) is 14.6. The molecule has 0 radical (unpaired) electrons. The van der Waals surface area contributed by atoms with E-state index in [-0.39, 0.29) is 11.7 Å². The van der Waals surface area contributed by atoms with Crippen molar-refractivity contribution in [2.75, 3.05) is 6.54 Å². The van der Waals surface area contributed by atoms with Gasteiger partial charge in [-0.1, -0.05) is 17.7 Å². The lowest BCUT2D eigenvalue weighted by atomic mass is 9.98. The van der Waals surface area contributed by atoms with Crippen molar-refractivity contribution in [1.82, 2.24) is 9.88 Å². The summed E-state index contributed by atoms with van der Waals surface area (Å²) in [5.74, 6) is 0.687. The number of phenols is 1. The van der Waals surface area contributed by atoms with Crippen molar-refractivity contribution in [3.8, 4) is 11.5 Å². The van der Waals surface area contributed by atoms with Crippen molar-refractivity contribution in [3.05, 3.63) is 95.5 Å². The minimum atomic E-state index is -0.0632. The molecule has 1 aliphatic heterocycles. The molecule has 4 rings (SSSR count). The maximum Gasteiger partial charge on any atom is 0.258 e. The summed E-state index contributed by atoms with van der Waals surface area (Å²) in [6.07, 6.45) is 5.88. The van der Waals surface area contributed by atoms with E-state index in [9.17, 15) is 9.90 Å². The molecule has 140 valence electrons. The van der Waals surface area contributed by atoms with E-state index in [0.29, 0.717) is 23.6 Å². The second-order valence-corrected chi connectivity index (χ2v) is 6.72. The zero-order valence-corrected chi connectivity index (χ0v) is 15.5. The molecule has 2 heterocycles. The van der Waals surface area contributed by atoms with Gasteiger partial charge in [0, 0.05) is 30.1 Å². The van der Waals surface area contributed by atoms with Gasteiger partial charge >= 0.3 is 0 Å². The van der Waals surface area contributed by atoms with Crippen LogP contribution < -0.4 is 4.74 Å². The number of benzene rings is 2. The summed E-state index contributed by atoms with van der Waals surface area (Å²) in [7, 11) is 0. The van der Waals surface area contributed by atoms with Crippen LogP contribution >= 0.6 is 0 Å². The van der Waals surface area contributed by atoms with Gasteiger partial charge in [0.05, 0.1) is 5.70 Å². The number of carbonyl (C=O) groups excluding carboxylic acids is 1. The smallest absolute Gasteiger partial charge is 0.258 e. The quantitative estimate of drug-likeness (QED) is 0.701. The molecule has 0 unspecified atom stereocenters. The molecule has 5 nitrogen and oxygen atoms in total. The summed E-state index contributed by atoms with van der Waals surface area (Å²) in [6, 6.07) is 15.9. The van der Waals surface area contributed by atoms with E-state index in [4.69, 9.17) is 4.74 Å². The average Bonchev–Trinajstić information content (AvgIpc) is 2.72. The third kappa shape index (κ3) is 3.60. The summed E-state index contributed by atoms with van der Waals surface area (Å²) in [4.78, 5) is 19.2. The number of pyridine rings is 1. The number of phenolic OH excluding ortho intramolecular Hbond substituents is 1. The predicted octanol–water partition coefficient (Wildman–Crippen LogP) is 4.17. The van der Waals surface area contributed by atoms with E-state index in [1.807, 2.05) is 43.5 Å². The number of amides is 1. The van der Waals surface area contributed by atoms with Gasteiger partial charge in [-0.15, -0.1) is 0 Å². The lowest BCUT2D eigenvalue weighted by molar-refractivity contribution is 0.0831. The van der Waals surface area contributed by atoms with Gasteiger partial charge in [0.1, 0.15) is 17.8 Å². The van der Waals surface area contributed by atoms with E-state index in [1.54, 1.807) is 41.6 Å². The highest BCUT2D eigenvalue weighted by atomic mass is 16.5. The second kappa shape index (κ2) is 7.56. The minimum Gasteiger partial charge on any atom is -0.508 e. The number of aromatic nitrogens is 1. The fraction of sp³-hybridized carbons (Fsp3) is 0.130. The first-order valence-corrected chi connectivity index (χ1v) is 9.09. The van der Waals surface area contributed by atoms with E-state index < -0.39 is 0 Å². The predicted molar refractivity (Wildman–Crippen MR) is 107 cm³/mol. The first-order valence-electron chi connectivity index (χ1n) is 9.09. The molecule has 1 amide bonds. The molecule has 0 atom stereocenters. The largest absolute Gasteiger partial charge is 0.508 e.